The Morgan fingerprint density at radius 1 is 1.07 bits per heavy atom. The molecule has 0 saturated heterocycles. The van der Waals surface area contributed by atoms with Crippen LogP contribution in [-0.2, 0) is 11.3 Å². The lowest BCUT2D eigenvalue weighted by atomic mass is 10.1. The smallest absolute Gasteiger partial charge is 0.279 e. The van der Waals surface area contributed by atoms with Gasteiger partial charge < -0.3 is 19.7 Å². The molecule has 2 aromatic carbocycles. The van der Waals surface area contributed by atoms with Crippen LogP contribution in [0.2, 0.25) is 5.02 Å². The number of carbonyl (C=O) groups excluding carboxylic acids is 1. The topological polar surface area (TPSA) is 52.0 Å². The number of benzene rings is 2. The lowest BCUT2D eigenvalue weighted by molar-refractivity contribution is -0.903. The highest BCUT2D eigenvalue weighted by Gasteiger charge is 2.17. The molecular weight excluding hydrogens is 364 g/mol. The van der Waals surface area contributed by atoms with Crippen molar-refractivity contribution in [3.8, 4) is 11.5 Å². The van der Waals surface area contributed by atoms with Gasteiger partial charge in [-0.1, -0.05) is 17.7 Å². The Morgan fingerprint density at radius 3 is 2.37 bits per heavy atom. The van der Waals surface area contributed by atoms with Gasteiger partial charge in [0.15, 0.2) is 18.0 Å². The molecule has 1 unspecified atom stereocenters. The monoisotopic (exact) mass is 391 g/mol. The number of nitrogens with one attached hydrogen (secondary N) is 2. The number of hydrogen-bond acceptors (Lipinski definition) is 3. The molecule has 2 rings (SSSR count). The van der Waals surface area contributed by atoms with E-state index < -0.39 is 0 Å². The Morgan fingerprint density at radius 2 is 1.74 bits per heavy atom. The predicted octanol–water partition coefficient (Wildman–Crippen LogP) is 3.02. The van der Waals surface area contributed by atoms with Crippen LogP contribution in [0.5, 0.6) is 11.5 Å². The van der Waals surface area contributed by atoms with E-state index in [1.807, 2.05) is 38.1 Å². The van der Waals surface area contributed by atoms with Crippen LogP contribution in [0.15, 0.2) is 30.3 Å². The van der Waals surface area contributed by atoms with Crippen molar-refractivity contribution >= 4 is 23.2 Å². The summed E-state index contributed by atoms with van der Waals surface area (Å²) in [5.41, 5.74) is 3.99. The molecule has 1 amide bonds. The van der Waals surface area contributed by atoms with Crippen LogP contribution in [0.1, 0.15) is 23.6 Å². The Bertz CT molecular complexity index is 808. The molecule has 0 aromatic heterocycles. The first kappa shape index (κ1) is 21.1. The normalized spacial score (nSPS) is 11.8. The molecule has 0 bridgehead atoms. The minimum Gasteiger partial charge on any atom is -0.493 e. The molecule has 2 N–H and O–H groups in total. The molecule has 146 valence electrons. The summed E-state index contributed by atoms with van der Waals surface area (Å²) < 4.78 is 10.8. The number of quaternary nitrogens is 1. The van der Waals surface area contributed by atoms with E-state index in [2.05, 4.69) is 12.2 Å². The number of ether oxygens (including phenoxy) is 2. The van der Waals surface area contributed by atoms with Gasteiger partial charge in [0.05, 0.1) is 20.8 Å². The molecule has 0 aliphatic rings. The molecule has 5 nitrogen and oxygen atoms in total. The summed E-state index contributed by atoms with van der Waals surface area (Å²) in [6.45, 7) is 7.99. The second-order valence-corrected chi connectivity index (χ2v) is 7.03. The zero-order valence-corrected chi connectivity index (χ0v) is 17.4. The van der Waals surface area contributed by atoms with E-state index in [4.69, 9.17) is 21.1 Å². The molecular formula is C21H28ClN2O3+. The second-order valence-electron chi connectivity index (χ2n) is 6.60. The maximum absolute atomic E-state index is 12.5. The third-order valence-corrected chi connectivity index (χ3v) is 4.90. The lowest BCUT2D eigenvalue weighted by Crippen LogP contribution is -3.11. The molecule has 0 spiro atoms. The Labute approximate surface area is 166 Å². The van der Waals surface area contributed by atoms with E-state index in [9.17, 15) is 4.79 Å². The van der Waals surface area contributed by atoms with Gasteiger partial charge in [-0.3, -0.25) is 4.79 Å². The fourth-order valence-corrected chi connectivity index (χ4v) is 3.12. The number of halogens is 1. The first-order valence-corrected chi connectivity index (χ1v) is 9.36. The first-order chi connectivity index (χ1) is 12.9. The number of carbonyl (C=O) groups is 1. The zero-order valence-electron chi connectivity index (χ0n) is 16.6. The van der Waals surface area contributed by atoms with E-state index in [1.54, 1.807) is 20.3 Å². The maximum Gasteiger partial charge on any atom is 0.279 e. The van der Waals surface area contributed by atoms with Gasteiger partial charge >= 0.3 is 0 Å². The number of rotatable bonds is 8. The summed E-state index contributed by atoms with van der Waals surface area (Å²) in [4.78, 5) is 13.7. The average molecular weight is 392 g/mol. The summed E-state index contributed by atoms with van der Waals surface area (Å²) in [6.07, 6.45) is 0. The van der Waals surface area contributed by atoms with E-state index in [1.165, 1.54) is 0 Å². The number of methoxy groups -OCH3 is 2. The summed E-state index contributed by atoms with van der Waals surface area (Å²) in [5.74, 6) is 1.38. The van der Waals surface area contributed by atoms with Gasteiger partial charge in [-0.25, -0.2) is 0 Å². The van der Waals surface area contributed by atoms with Crippen molar-refractivity contribution in [1.82, 2.24) is 0 Å². The van der Waals surface area contributed by atoms with E-state index in [-0.39, 0.29) is 5.91 Å². The van der Waals surface area contributed by atoms with Crippen LogP contribution in [-0.4, -0.2) is 33.2 Å². The lowest BCUT2D eigenvalue weighted by Gasteiger charge is -2.20. The Balaban J connectivity index is 2.09. The van der Waals surface area contributed by atoms with Crippen molar-refractivity contribution in [2.24, 2.45) is 0 Å². The molecule has 0 heterocycles. The molecule has 2 aromatic rings. The standard InChI is InChI=1S/C21H27ClN2O3/c1-6-24(12-16-10-20(27-5)19(26-4)9-15(16)3)13-21(25)23-18-11-17(22)8-7-14(18)2/h7-11H,6,12-13H2,1-5H3,(H,23,25)/p+1. The van der Waals surface area contributed by atoms with Gasteiger partial charge in [-0.15, -0.1) is 0 Å². The molecule has 0 radical (unpaired) electrons. The molecule has 0 fully saturated rings. The summed E-state index contributed by atoms with van der Waals surface area (Å²) in [5, 5.41) is 3.58. The Kier molecular flexibility index (Phi) is 7.51. The summed E-state index contributed by atoms with van der Waals surface area (Å²) >= 11 is 6.03. The zero-order chi connectivity index (χ0) is 20.0. The Hall–Kier alpha value is -2.24. The van der Waals surface area contributed by atoms with Crippen LogP contribution < -0.4 is 19.7 Å². The number of anilines is 1. The van der Waals surface area contributed by atoms with Gasteiger partial charge in [0.25, 0.3) is 5.91 Å². The average Bonchev–Trinajstić information content (AvgIpc) is 2.65. The van der Waals surface area contributed by atoms with Gasteiger partial charge in [-0.2, -0.15) is 0 Å². The van der Waals surface area contributed by atoms with Gasteiger partial charge in [0.1, 0.15) is 6.54 Å². The van der Waals surface area contributed by atoms with Crippen LogP contribution in [0, 0.1) is 13.8 Å². The van der Waals surface area contributed by atoms with Crippen molar-refractivity contribution < 1.29 is 19.2 Å². The molecule has 6 heteroatoms. The van der Waals surface area contributed by atoms with Crippen LogP contribution in [0.3, 0.4) is 0 Å². The third kappa shape index (κ3) is 5.62. The molecule has 0 saturated carbocycles. The van der Waals surface area contributed by atoms with Crippen molar-refractivity contribution in [2.75, 3.05) is 32.6 Å². The number of aryl methyl sites for hydroxylation is 2. The first-order valence-electron chi connectivity index (χ1n) is 8.99. The molecule has 27 heavy (non-hydrogen) atoms. The molecule has 1 atom stereocenters. The highest BCUT2D eigenvalue weighted by molar-refractivity contribution is 6.31. The predicted molar refractivity (Wildman–Crippen MR) is 109 cm³/mol. The summed E-state index contributed by atoms with van der Waals surface area (Å²) in [7, 11) is 3.25. The van der Waals surface area contributed by atoms with Gasteiger partial charge in [-0.05, 0) is 56.2 Å². The number of likely N-dealkylation sites (N-methyl/N-ethyl adjacent to an activating group) is 1. The largest absolute Gasteiger partial charge is 0.493 e. The van der Waals surface area contributed by atoms with Crippen molar-refractivity contribution in [1.29, 1.82) is 0 Å². The maximum atomic E-state index is 12.5. The second kappa shape index (κ2) is 9.62. The van der Waals surface area contributed by atoms with Crippen molar-refractivity contribution in [3.63, 3.8) is 0 Å². The fourth-order valence-electron chi connectivity index (χ4n) is 2.95. The quantitative estimate of drug-likeness (QED) is 0.727. The summed E-state index contributed by atoms with van der Waals surface area (Å²) in [6, 6.07) is 9.45. The van der Waals surface area contributed by atoms with Crippen LogP contribution >= 0.6 is 11.6 Å². The van der Waals surface area contributed by atoms with Crippen LogP contribution in [0.4, 0.5) is 5.69 Å². The SMILES string of the molecule is CC[NH+](CC(=O)Nc1cc(Cl)ccc1C)Cc1cc(OC)c(OC)cc1C. The highest BCUT2D eigenvalue weighted by Crippen LogP contribution is 2.29. The fraction of sp³-hybridized carbons (Fsp3) is 0.381. The van der Waals surface area contributed by atoms with Crippen molar-refractivity contribution in [3.05, 3.63) is 52.0 Å². The van der Waals surface area contributed by atoms with E-state index in [0.29, 0.717) is 23.1 Å². The molecule has 0 aliphatic heterocycles. The number of hydrogen-bond donors (Lipinski definition) is 2. The highest BCUT2D eigenvalue weighted by atomic mass is 35.5. The van der Waals surface area contributed by atoms with E-state index >= 15 is 0 Å². The van der Waals surface area contributed by atoms with E-state index in [0.717, 1.165) is 40.4 Å². The third-order valence-electron chi connectivity index (χ3n) is 4.67. The van der Waals surface area contributed by atoms with Crippen molar-refractivity contribution in [2.45, 2.75) is 27.3 Å². The van der Waals surface area contributed by atoms with Gasteiger partial charge in [0.2, 0.25) is 0 Å². The van der Waals surface area contributed by atoms with Crippen LogP contribution in [0.25, 0.3) is 0 Å². The molecule has 0 aliphatic carbocycles. The number of amides is 1. The minimum atomic E-state index is -0.0321. The van der Waals surface area contributed by atoms with Gasteiger partial charge in [0, 0.05) is 16.3 Å². The minimum absolute atomic E-state index is 0.0321.